The van der Waals surface area contributed by atoms with E-state index in [0.29, 0.717) is 26.8 Å². The molecule has 3 amide bonds. The first-order chi connectivity index (χ1) is 21.0. The number of carbonyl (C=O) groups excluding carboxylic acids is 3. The number of para-hydroxylation sites is 2. The number of carbonyl (C=O) groups is 3. The summed E-state index contributed by atoms with van der Waals surface area (Å²) in [5, 5.41) is 1.63. The summed E-state index contributed by atoms with van der Waals surface area (Å²) in [5.74, 6) is -4.57. The predicted octanol–water partition coefficient (Wildman–Crippen LogP) is 5.51. The molecule has 1 N–H and O–H groups in total. The normalized spacial score (nSPS) is 19.5. The molecule has 4 aromatic rings. The third kappa shape index (κ3) is 5.07. The molecule has 0 saturated carbocycles. The van der Waals surface area contributed by atoms with Gasteiger partial charge in [-0.2, -0.15) is 13.2 Å². The molecular weight excluding hydrogens is 622 g/mol. The molecule has 2 unspecified atom stereocenters. The van der Waals surface area contributed by atoms with E-state index < -0.39 is 69.5 Å². The summed E-state index contributed by atoms with van der Waals surface area (Å²) in [6.07, 6.45) is -4.84. The van der Waals surface area contributed by atoms with Gasteiger partial charge >= 0.3 is 11.0 Å². The van der Waals surface area contributed by atoms with E-state index in [1.165, 1.54) is 35.9 Å². The van der Waals surface area contributed by atoms with Crippen LogP contribution in [0.5, 0.6) is 5.75 Å². The quantitative estimate of drug-likeness (QED) is 0.220. The van der Waals surface area contributed by atoms with Crippen molar-refractivity contribution in [3.8, 4) is 5.75 Å². The number of hydrogen-bond donors (Lipinski definition) is 1. The summed E-state index contributed by atoms with van der Waals surface area (Å²) in [6, 6.07) is 16.1. The summed E-state index contributed by atoms with van der Waals surface area (Å²) in [7, 11) is 1.41. The number of amides is 3. The molecule has 0 spiro atoms. The van der Waals surface area contributed by atoms with Gasteiger partial charge in [0.2, 0.25) is 17.7 Å². The molecule has 1 saturated heterocycles. The zero-order chi connectivity index (χ0) is 31.3. The fourth-order valence-electron chi connectivity index (χ4n) is 5.54. The predicted molar refractivity (Wildman–Crippen MR) is 156 cm³/mol. The van der Waals surface area contributed by atoms with Crippen molar-refractivity contribution in [2.45, 2.75) is 28.9 Å². The lowest BCUT2D eigenvalue weighted by atomic mass is 9.82. The van der Waals surface area contributed by atoms with Crippen LogP contribution in [0.1, 0.15) is 21.9 Å². The van der Waals surface area contributed by atoms with Crippen molar-refractivity contribution in [3.63, 3.8) is 0 Å². The van der Waals surface area contributed by atoms with E-state index >= 15 is 0 Å². The van der Waals surface area contributed by atoms with Gasteiger partial charge in [-0.1, -0.05) is 53.4 Å². The van der Waals surface area contributed by atoms with E-state index in [4.69, 9.17) is 4.74 Å². The van der Waals surface area contributed by atoms with Crippen LogP contribution in [0.3, 0.4) is 0 Å². The van der Waals surface area contributed by atoms with Gasteiger partial charge in [0.1, 0.15) is 23.4 Å². The Morgan fingerprint density at radius 3 is 2.34 bits per heavy atom. The minimum Gasteiger partial charge on any atom is -0.496 e. The van der Waals surface area contributed by atoms with Crippen LogP contribution in [0.15, 0.2) is 82.6 Å². The lowest BCUT2D eigenvalue weighted by molar-refractivity contribution is -0.137. The van der Waals surface area contributed by atoms with Crippen molar-refractivity contribution in [2.75, 3.05) is 17.3 Å². The standard InChI is InChI=1S/C30H21F4N3O5S2/c1-42-20-9-5-2-6-17(20)22-23-24(27(40)37(26(23)39)19-8-4-3-7-18(19)30(32,33)34)43-28-25(22)44-29(41)36(28)14-21(38)35-16-12-10-15(31)11-13-16/h2-13,22-24H,14H2,1H3,(H,35,38)/t22-,23?,24?/m1/s1. The smallest absolute Gasteiger partial charge is 0.418 e. The SMILES string of the molecule is COc1ccccc1[C@H]1c2sc(=O)n(CC(=O)Nc3ccc(F)cc3)c2SC2C(=O)N(c3ccccc3C(F)(F)F)C(=O)C21. The highest BCUT2D eigenvalue weighted by molar-refractivity contribution is 8.00. The van der Waals surface area contributed by atoms with E-state index in [2.05, 4.69) is 5.32 Å². The Bertz CT molecular complexity index is 1850. The molecular formula is C30H21F4N3O5S2. The number of aromatic nitrogens is 1. The maximum absolute atomic E-state index is 14.0. The molecule has 3 aromatic carbocycles. The van der Waals surface area contributed by atoms with Crippen LogP contribution < -0.4 is 19.8 Å². The topological polar surface area (TPSA) is 97.7 Å². The summed E-state index contributed by atoms with van der Waals surface area (Å²) in [4.78, 5) is 54.6. The van der Waals surface area contributed by atoms with E-state index in [0.717, 1.165) is 47.4 Å². The fraction of sp³-hybridized carbons (Fsp3) is 0.200. The number of hydrogen-bond acceptors (Lipinski definition) is 7. The molecule has 3 atom stereocenters. The molecule has 1 aromatic heterocycles. The monoisotopic (exact) mass is 643 g/mol. The van der Waals surface area contributed by atoms with Gasteiger partial charge in [0, 0.05) is 22.0 Å². The molecule has 8 nitrogen and oxygen atoms in total. The Hall–Kier alpha value is -4.43. The Morgan fingerprint density at radius 1 is 0.955 bits per heavy atom. The minimum atomic E-state index is -4.84. The highest BCUT2D eigenvalue weighted by Crippen LogP contribution is 2.55. The Labute approximate surface area is 255 Å². The molecule has 6 rings (SSSR count). The van der Waals surface area contributed by atoms with E-state index in [9.17, 15) is 36.7 Å². The van der Waals surface area contributed by atoms with Gasteiger partial charge in [-0.25, -0.2) is 9.29 Å². The third-order valence-corrected chi connectivity index (χ3v) is 10.0. The number of nitrogens with zero attached hydrogens (tertiary/aromatic N) is 2. The first kappa shape index (κ1) is 29.6. The van der Waals surface area contributed by atoms with Crippen LogP contribution in [0.2, 0.25) is 0 Å². The Morgan fingerprint density at radius 2 is 1.64 bits per heavy atom. The number of halogens is 4. The van der Waals surface area contributed by atoms with E-state index in [1.54, 1.807) is 24.3 Å². The Balaban J connectivity index is 1.45. The maximum Gasteiger partial charge on any atom is 0.418 e. The first-order valence-corrected chi connectivity index (χ1v) is 14.8. The van der Waals surface area contributed by atoms with Crippen LogP contribution in [-0.4, -0.2) is 34.6 Å². The van der Waals surface area contributed by atoms with E-state index in [-0.39, 0.29) is 5.03 Å². The van der Waals surface area contributed by atoms with Crippen LogP contribution in [0.4, 0.5) is 28.9 Å². The number of alkyl halides is 3. The maximum atomic E-state index is 14.0. The number of ether oxygens (including phenoxy) is 1. The lowest BCUT2D eigenvalue weighted by Gasteiger charge is -2.31. The number of rotatable bonds is 6. The number of nitrogens with one attached hydrogen (secondary N) is 1. The van der Waals surface area contributed by atoms with Crippen molar-refractivity contribution in [3.05, 3.63) is 104 Å². The van der Waals surface area contributed by atoms with Crippen molar-refractivity contribution in [2.24, 2.45) is 5.92 Å². The molecule has 226 valence electrons. The number of thiazole rings is 1. The number of benzene rings is 3. The molecule has 1 fully saturated rings. The van der Waals surface area contributed by atoms with Crippen LogP contribution >= 0.6 is 23.1 Å². The van der Waals surface area contributed by atoms with Crippen molar-refractivity contribution in [1.82, 2.24) is 4.57 Å². The summed E-state index contributed by atoms with van der Waals surface area (Å²) in [6.45, 7) is -0.464. The first-order valence-electron chi connectivity index (χ1n) is 13.1. The molecule has 0 aliphatic carbocycles. The summed E-state index contributed by atoms with van der Waals surface area (Å²) in [5.41, 5.74) is -0.960. The molecule has 2 aliphatic heterocycles. The number of thioether (sulfide) groups is 1. The van der Waals surface area contributed by atoms with Gasteiger partial charge in [-0.05, 0) is 42.5 Å². The van der Waals surface area contributed by atoms with Crippen molar-refractivity contribution < 1.29 is 36.7 Å². The highest BCUT2D eigenvalue weighted by Gasteiger charge is 2.58. The molecule has 44 heavy (non-hydrogen) atoms. The number of fused-ring (bicyclic) bond motifs is 2. The largest absolute Gasteiger partial charge is 0.496 e. The highest BCUT2D eigenvalue weighted by atomic mass is 32.2. The van der Waals surface area contributed by atoms with Gasteiger partial charge in [-0.3, -0.25) is 23.7 Å². The van der Waals surface area contributed by atoms with E-state index in [1.807, 2.05) is 0 Å². The lowest BCUT2D eigenvalue weighted by Crippen LogP contribution is -2.33. The number of imide groups is 1. The van der Waals surface area contributed by atoms with Gasteiger partial charge in [0.25, 0.3) is 0 Å². The van der Waals surface area contributed by atoms with Crippen LogP contribution in [0, 0.1) is 11.7 Å². The second kappa shape index (κ2) is 11.2. The molecule has 0 bridgehead atoms. The molecule has 14 heteroatoms. The zero-order valence-corrected chi connectivity index (χ0v) is 24.3. The number of methoxy groups -OCH3 is 1. The summed E-state index contributed by atoms with van der Waals surface area (Å²) < 4.78 is 61.9. The number of anilines is 2. The molecule has 2 aliphatic rings. The van der Waals surface area contributed by atoms with Gasteiger partial charge < -0.3 is 10.1 Å². The molecule has 0 radical (unpaired) electrons. The third-order valence-electron chi connectivity index (χ3n) is 7.40. The van der Waals surface area contributed by atoms with Gasteiger partial charge in [0.05, 0.1) is 29.3 Å². The Kier molecular flexibility index (Phi) is 7.58. The van der Waals surface area contributed by atoms with Gasteiger partial charge in [-0.15, -0.1) is 0 Å². The van der Waals surface area contributed by atoms with Crippen molar-refractivity contribution >= 4 is 52.2 Å². The van der Waals surface area contributed by atoms with Gasteiger partial charge in [0.15, 0.2) is 0 Å². The zero-order valence-electron chi connectivity index (χ0n) is 22.6. The summed E-state index contributed by atoms with van der Waals surface area (Å²) >= 11 is 1.66. The fourth-order valence-corrected chi connectivity index (χ4v) is 8.30. The second-order valence-electron chi connectivity index (χ2n) is 9.99. The average Bonchev–Trinajstić information content (AvgIpc) is 3.44. The van der Waals surface area contributed by atoms with Crippen LogP contribution in [-0.2, 0) is 27.1 Å². The van der Waals surface area contributed by atoms with Crippen molar-refractivity contribution in [1.29, 1.82) is 0 Å². The van der Waals surface area contributed by atoms with Crippen LogP contribution in [0.25, 0.3) is 0 Å². The minimum absolute atomic E-state index is 0.249. The molecule has 3 heterocycles. The second-order valence-corrected chi connectivity index (χ2v) is 12.1. The average molecular weight is 644 g/mol.